The highest BCUT2D eigenvalue weighted by molar-refractivity contribution is 5.35. The molecule has 5 nitrogen and oxygen atoms in total. The molecule has 0 aliphatic rings. The number of phenols is 1. The molecule has 0 spiro atoms. The van der Waals surface area contributed by atoms with Gasteiger partial charge >= 0.3 is 0 Å². The first-order valence-electron chi connectivity index (χ1n) is 7.59. The molecule has 1 aromatic heterocycles. The summed E-state index contributed by atoms with van der Waals surface area (Å²) in [5, 5.41) is 27.1. The van der Waals surface area contributed by atoms with E-state index in [1.54, 1.807) is 6.07 Å². The Morgan fingerprint density at radius 2 is 1.78 bits per heavy atom. The molecular formula is C18H19N3O2. The van der Waals surface area contributed by atoms with Crippen LogP contribution in [0.15, 0.2) is 54.7 Å². The van der Waals surface area contributed by atoms with Gasteiger partial charge in [0.15, 0.2) is 0 Å². The number of hydrogen-bond acceptors (Lipinski definition) is 4. The molecule has 118 valence electrons. The van der Waals surface area contributed by atoms with Crippen molar-refractivity contribution in [1.82, 2.24) is 15.0 Å². The van der Waals surface area contributed by atoms with Crippen molar-refractivity contribution < 1.29 is 10.2 Å². The Labute approximate surface area is 134 Å². The molecule has 3 aromatic rings. The highest BCUT2D eigenvalue weighted by Gasteiger charge is 2.05. The topological polar surface area (TPSA) is 71.2 Å². The van der Waals surface area contributed by atoms with Gasteiger partial charge in [0.25, 0.3) is 0 Å². The van der Waals surface area contributed by atoms with Gasteiger partial charge in [0, 0.05) is 11.8 Å². The monoisotopic (exact) mass is 309 g/mol. The zero-order valence-corrected chi connectivity index (χ0v) is 12.8. The number of hydrogen-bond donors (Lipinski definition) is 2. The first-order valence-corrected chi connectivity index (χ1v) is 7.59. The van der Waals surface area contributed by atoms with Crippen molar-refractivity contribution in [2.24, 2.45) is 0 Å². The number of benzene rings is 2. The van der Waals surface area contributed by atoms with Gasteiger partial charge < -0.3 is 10.2 Å². The summed E-state index contributed by atoms with van der Waals surface area (Å²) >= 11 is 0. The zero-order valence-electron chi connectivity index (χ0n) is 12.8. The molecule has 0 saturated carbocycles. The highest BCUT2D eigenvalue weighted by atomic mass is 16.3. The maximum absolute atomic E-state index is 9.58. The molecule has 0 radical (unpaired) electrons. The molecule has 5 heteroatoms. The van der Waals surface area contributed by atoms with Crippen molar-refractivity contribution in [3.05, 3.63) is 77.1 Å². The molecule has 0 aliphatic heterocycles. The van der Waals surface area contributed by atoms with Crippen LogP contribution in [0.2, 0.25) is 0 Å². The van der Waals surface area contributed by atoms with Crippen LogP contribution in [0, 0.1) is 0 Å². The number of aromatic nitrogens is 3. The molecule has 0 saturated heterocycles. The minimum atomic E-state index is -0.160. The molecule has 0 bridgehead atoms. The van der Waals surface area contributed by atoms with E-state index in [-0.39, 0.29) is 12.4 Å². The quantitative estimate of drug-likeness (QED) is 0.733. The lowest BCUT2D eigenvalue weighted by atomic mass is 10.0. The molecular weight excluding hydrogens is 290 g/mol. The predicted octanol–water partition coefficient (Wildman–Crippen LogP) is 2.31. The number of aliphatic hydroxyl groups excluding tert-OH is 1. The van der Waals surface area contributed by atoms with Gasteiger partial charge in [-0.1, -0.05) is 41.6 Å². The number of nitrogens with zero attached hydrogens (tertiary/aromatic N) is 3. The Hall–Kier alpha value is -2.66. The van der Waals surface area contributed by atoms with E-state index >= 15 is 0 Å². The Morgan fingerprint density at radius 3 is 2.57 bits per heavy atom. The maximum Gasteiger partial charge on any atom is 0.121 e. The Balaban J connectivity index is 1.61. The second-order valence-electron chi connectivity index (χ2n) is 5.51. The summed E-state index contributed by atoms with van der Waals surface area (Å²) in [6, 6.07) is 15.4. The minimum Gasteiger partial charge on any atom is -0.508 e. The first-order chi connectivity index (χ1) is 11.2. The number of aliphatic hydroxyl groups is 1. The third kappa shape index (κ3) is 3.96. The summed E-state index contributed by atoms with van der Waals surface area (Å²) in [5.41, 5.74) is 3.73. The van der Waals surface area contributed by atoms with Crippen LogP contribution in [0.25, 0.3) is 0 Å². The van der Waals surface area contributed by atoms with Gasteiger partial charge in [0.05, 0.1) is 18.8 Å². The molecule has 0 fully saturated rings. The predicted molar refractivity (Wildman–Crippen MR) is 87.0 cm³/mol. The van der Waals surface area contributed by atoms with E-state index < -0.39 is 0 Å². The van der Waals surface area contributed by atoms with Crippen LogP contribution in [-0.2, 0) is 26.0 Å². The van der Waals surface area contributed by atoms with Crippen molar-refractivity contribution in [2.45, 2.75) is 26.0 Å². The van der Waals surface area contributed by atoms with Crippen LogP contribution in [0.5, 0.6) is 5.75 Å². The fraction of sp³-hybridized carbons (Fsp3) is 0.222. The standard InChI is InChI=1S/C18H19N3O2/c22-13-16-10-14(7-9-18(16)23)6-8-17-12-21(20-19-17)11-15-4-2-1-3-5-15/h1-5,7,9-10,12,22-23H,6,8,11,13H2. The summed E-state index contributed by atoms with van der Waals surface area (Å²) in [4.78, 5) is 0. The number of aromatic hydroxyl groups is 1. The lowest BCUT2D eigenvalue weighted by molar-refractivity contribution is 0.275. The molecule has 0 atom stereocenters. The van der Waals surface area contributed by atoms with E-state index in [1.165, 1.54) is 5.56 Å². The second kappa shape index (κ2) is 7.07. The van der Waals surface area contributed by atoms with Crippen molar-refractivity contribution in [3.8, 4) is 5.75 Å². The molecule has 3 rings (SSSR count). The van der Waals surface area contributed by atoms with Crippen LogP contribution in [0.4, 0.5) is 0 Å². The van der Waals surface area contributed by atoms with Crippen LogP contribution in [-0.4, -0.2) is 25.2 Å². The summed E-state index contributed by atoms with van der Waals surface area (Å²) in [5.74, 6) is 0.130. The largest absolute Gasteiger partial charge is 0.508 e. The van der Waals surface area contributed by atoms with Crippen LogP contribution in [0.3, 0.4) is 0 Å². The van der Waals surface area contributed by atoms with Crippen molar-refractivity contribution in [1.29, 1.82) is 0 Å². The molecule has 2 N–H and O–H groups in total. The second-order valence-corrected chi connectivity index (χ2v) is 5.51. The highest BCUT2D eigenvalue weighted by Crippen LogP contribution is 2.19. The number of aryl methyl sites for hydroxylation is 2. The van der Waals surface area contributed by atoms with E-state index in [9.17, 15) is 10.2 Å². The lowest BCUT2D eigenvalue weighted by Crippen LogP contribution is -1.99. The zero-order chi connectivity index (χ0) is 16.1. The van der Waals surface area contributed by atoms with Crippen molar-refractivity contribution in [2.75, 3.05) is 0 Å². The van der Waals surface area contributed by atoms with E-state index in [0.29, 0.717) is 12.1 Å². The van der Waals surface area contributed by atoms with Crippen molar-refractivity contribution >= 4 is 0 Å². The molecule has 0 unspecified atom stereocenters. The Kier molecular flexibility index (Phi) is 4.68. The van der Waals surface area contributed by atoms with Gasteiger partial charge in [0.1, 0.15) is 5.75 Å². The van der Waals surface area contributed by atoms with Gasteiger partial charge in [-0.25, -0.2) is 4.68 Å². The van der Waals surface area contributed by atoms with E-state index in [2.05, 4.69) is 22.4 Å². The first kappa shape index (κ1) is 15.2. The van der Waals surface area contributed by atoms with Crippen LogP contribution >= 0.6 is 0 Å². The van der Waals surface area contributed by atoms with E-state index in [1.807, 2.05) is 41.2 Å². The summed E-state index contributed by atoms with van der Waals surface area (Å²) in [6.45, 7) is 0.550. The van der Waals surface area contributed by atoms with Gasteiger partial charge in [-0.3, -0.25) is 0 Å². The average molecular weight is 309 g/mol. The van der Waals surface area contributed by atoms with E-state index in [4.69, 9.17) is 0 Å². The van der Waals surface area contributed by atoms with Crippen LogP contribution in [0.1, 0.15) is 22.4 Å². The number of rotatable bonds is 6. The molecule has 0 aliphatic carbocycles. The van der Waals surface area contributed by atoms with Gasteiger partial charge in [-0.2, -0.15) is 0 Å². The maximum atomic E-state index is 9.58. The third-order valence-corrected chi connectivity index (χ3v) is 3.76. The lowest BCUT2D eigenvalue weighted by Gasteiger charge is -2.04. The third-order valence-electron chi connectivity index (χ3n) is 3.76. The molecule has 1 heterocycles. The average Bonchev–Trinajstić information content (AvgIpc) is 3.02. The van der Waals surface area contributed by atoms with Gasteiger partial charge in [0.2, 0.25) is 0 Å². The molecule has 0 amide bonds. The summed E-state index contributed by atoms with van der Waals surface area (Å²) < 4.78 is 1.83. The summed E-state index contributed by atoms with van der Waals surface area (Å²) in [6.07, 6.45) is 3.52. The fourth-order valence-corrected chi connectivity index (χ4v) is 2.49. The smallest absolute Gasteiger partial charge is 0.121 e. The van der Waals surface area contributed by atoms with Crippen molar-refractivity contribution in [3.63, 3.8) is 0 Å². The SMILES string of the molecule is OCc1cc(CCc2cn(Cc3ccccc3)nn2)ccc1O. The summed E-state index contributed by atoms with van der Waals surface area (Å²) in [7, 11) is 0. The molecule has 23 heavy (non-hydrogen) atoms. The fourth-order valence-electron chi connectivity index (χ4n) is 2.49. The Bertz CT molecular complexity index is 769. The Morgan fingerprint density at radius 1 is 0.957 bits per heavy atom. The normalized spacial score (nSPS) is 10.8. The van der Waals surface area contributed by atoms with E-state index in [0.717, 1.165) is 24.1 Å². The molecule has 2 aromatic carbocycles. The van der Waals surface area contributed by atoms with Crippen LogP contribution < -0.4 is 0 Å². The minimum absolute atomic E-state index is 0.130. The van der Waals surface area contributed by atoms with Gasteiger partial charge in [-0.15, -0.1) is 5.10 Å². The van der Waals surface area contributed by atoms with Gasteiger partial charge in [-0.05, 0) is 36.1 Å².